The average molecular weight is 273 g/mol. The molecule has 1 heterocycles. The Morgan fingerprint density at radius 1 is 1.26 bits per heavy atom. The number of hydrogen-bond acceptors (Lipinski definition) is 4. The SMILES string of the molecule is CCCc1ccc(Oc2nnccc2C(N)=S)cc1. The lowest BCUT2D eigenvalue weighted by molar-refractivity contribution is 0.454. The van der Waals surface area contributed by atoms with Gasteiger partial charge in [0, 0.05) is 0 Å². The first-order valence-electron chi connectivity index (χ1n) is 6.09. The van der Waals surface area contributed by atoms with Crippen molar-refractivity contribution in [2.75, 3.05) is 0 Å². The Labute approximate surface area is 117 Å². The van der Waals surface area contributed by atoms with Gasteiger partial charge in [0.2, 0.25) is 5.88 Å². The molecule has 0 aliphatic heterocycles. The summed E-state index contributed by atoms with van der Waals surface area (Å²) in [5.41, 5.74) is 7.48. The molecule has 2 aromatic rings. The molecule has 98 valence electrons. The van der Waals surface area contributed by atoms with E-state index in [0.717, 1.165) is 12.8 Å². The summed E-state index contributed by atoms with van der Waals surface area (Å²) in [7, 11) is 0. The van der Waals surface area contributed by atoms with Crippen LogP contribution in [-0.4, -0.2) is 15.2 Å². The third-order valence-electron chi connectivity index (χ3n) is 2.63. The van der Waals surface area contributed by atoms with Crippen molar-refractivity contribution in [3.63, 3.8) is 0 Å². The van der Waals surface area contributed by atoms with Gasteiger partial charge in [-0.2, -0.15) is 5.10 Å². The van der Waals surface area contributed by atoms with Crippen molar-refractivity contribution in [2.24, 2.45) is 5.73 Å². The van der Waals surface area contributed by atoms with Crippen LogP contribution in [0.2, 0.25) is 0 Å². The zero-order chi connectivity index (χ0) is 13.7. The summed E-state index contributed by atoms with van der Waals surface area (Å²) in [6.45, 7) is 2.15. The maximum Gasteiger partial charge on any atom is 0.249 e. The maximum absolute atomic E-state index is 5.66. The van der Waals surface area contributed by atoms with Crippen LogP contribution in [0, 0.1) is 0 Å². The summed E-state index contributed by atoms with van der Waals surface area (Å²) in [5, 5.41) is 7.69. The van der Waals surface area contributed by atoms with E-state index in [9.17, 15) is 0 Å². The minimum atomic E-state index is 0.243. The van der Waals surface area contributed by atoms with Gasteiger partial charge in [0.1, 0.15) is 10.7 Å². The highest BCUT2D eigenvalue weighted by Crippen LogP contribution is 2.22. The molecule has 2 rings (SSSR count). The van der Waals surface area contributed by atoms with E-state index in [1.54, 1.807) is 6.07 Å². The molecule has 1 aromatic carbocycles. The zero-order valence-electron chi connectivity index (χ0n) is 10.7. The standard InChI is InChI=1S/C14H15N3OS/c1-2-3-10-4-6-11(7-5-10)18-14-12(13(15)19)8-9-16-17-14/h4-9H,2-3H2,1H3,(H2,15,19). The topological polar surface area (TPSA) is 61.0 Å². The second-order valence-corrected chi connectivity index (χ2v) is 4.55. The summed E-state index contributed by atoms with van der Waals surface area (Å²) in [6, 6.07) is 9.58. The van der Waals surface area contributed by atoms with Crippen molar-refractivity contribution < 1.29 is 4.74 Å². The Hall–Kier alpha value is -2.01. The zero-order valence-corrected chi connectivity index (χ0v) is 11.5. The van der Waals surface area contributed by atoms with E-state index in [2.05, 4.69) is 17.1 Å². The van der Waals surface area contributed by atoms with Crippen LogP contribution in [-0.2, 0) is 6.42 Å². The molecule has 4 nitrogen and oxygen atoms in total. The van der Waals surface area contributed by atoms with E-state index in [-0.39, 0.29) is 4.99 Å². The first kappa shape index (κ1) is 13.4. The summed E-state index contributed by atoms with van der Waals surface area (Å²) in [4.78, 5) is 0.243. The lowest BCUT2D eigenvalue weighted by Gasteiger charge is -2.08. The molecule has 0 aliphatic rings. The quantitative estimate of drug-likeness (QED) is 0.849. The molecule has 0 aliphatic carbocycles. The molecule has 0 saturated heterocycles. The van der Waals surface area contributed by atoms with E-state index < -0.39 is 0 Å². The van der Waals surface area contributed by atoms with E-state index >= 15 is 0 Å². The van der Waals surface area contributed by atoms with Gasteiger partial charge in [0.15, 0.2) is 0 Å². The first-order valence-corrected chi connectivity index (χ1v) is 6.50. The maximum atomic E-state index is 5.66. The van der Waals surface area contributed by atoms with Crippen molar-refractivity contribution in [3.8, 4) is 11.6 Å². The number of nitrogens with two attached hydrogens (primary N) is 1. The summed E-state index contributed by atoms with van der Waals surface area (Å²) in [6.07, 6.45) is 3.71. The molecule has 0 bridgehead atoms. The molecular formula is C14H15N3OS. The van der Waals surface area contributed by atoms with Gasteiger partial charge in [-0.1, -0.05) is 37.7 Å². The van der Waals surface area contributed by atoms with Crippen molar-refractivity contribution in [1.29, 1.82) is 0 Å². The average Bonchev–Trinajstić information content (AvgIpc) is 2.42. The van der Waals surface area contributed by atoms with Gasteiger partial charge in [0.05, 0.1) is 11.8 Å². The van der Waals surface area contributed by atoms with Crippen molar-refractivity contribution in [1.82, 2.24) is 10.2 Å². The summed E-state index contributed by atoms with van der Waals surface area (Å²) < 4.78 is 5.66. The fourth-order valence-electron chi connectivity index (χ4n) is 1.71. The highest BCUT2D eigenvalue weighted by Gasteiger charge is 2.09. The molecule has 2 N–H and O–H groups in total. The van der Waals surface area contributed by atoms with E-state index in [4.69, 9.17) is 22.7 Å². The van der Waals surface area contributed by atoms with Crippen LogP contribution in [0.25, 0.3) is 0 Å². The fourth-order valence-corrected chi connectivity index (χ4v) is 1.86. The Balaban J connectivity index is 2.19. The Morgan fingerprint density at radius 2 is 2.00 bits per heavy atom. The van der Waals surface area contributed by atoms with Gasteiger partial charge in [-0.05, 0) is 30.2 Å². The molecule has 0 saturated carbocycles. The van der Waals surface area contributed by atoms with Gasteiger partial charge in [0.25, 0.3) is 0 Å². The lowest BCUT2D eigenvalue weighted by Crippen LogP contribution is -2.12. The molecular weight excluding hydrogens is 258 g/mol. The van der Waals surface area contributed by atoms with Crippen LogP contribution in [0.15, 0.2) is 36.5 Å². The van der Waals surface area contributed by atoms with Gasteiger partial charge in [-0.25, -0.2) is 0 Å². The van der Waals surface area contributed by atoms with Crippen LogP contribution in [0.3, 0.4) is 0 Å². The number of aromatic nitrogens is 2. The number of hydrogen-bond donors (Lipinski definition) is 1. The highest BCUT2D eigenvalue weighted by atomic mass is 32.1. The second-order valence-electron chi connectivity index (χ2n) is 4.11. The second kappa shape index (κ2) is 6.24. The normalized spacial score (nSPS) is 10.2. The summed E-state index contributed by atoms with van der Waals surface area (Å²) in [5.74, 6) is 1.02. The first-order chi connectivity index (χ1) is 9.20. The highest BCUT2D eigenvalue weighted by molar-refractivity contribution is 7.80. The molecule has 0 fully saturated rings. The van der Waals surface area contributed by atoms with Crippen molar-refractivity contribution in [2.45, 2.75) is 19.8 Å². The van der Waals surface area contributed by atoms with Gasteiger partial charge in [-0.3, -0.25) is 0 Å². The Kier molecular flexibility index (Phi) is 4.41. The molecule has 5 heteroatoms. The van der Waals surface area contributed by atoms with Gasteiger partial charge >= 0.3 is 0 Å². The largest absolute Gasteiger partial charge is 0.437 e. The predicted octanol–water partition coefficient (Wildman–Crippen LogP) is 2.86. The third-order valence-corrected chi connectivity index (χ3v) is 2.85. The number of ether oxygens (including phenoxy) is 1. The minimum absolute atomic E-state index is 0.243. The molecule has 0 radical (unpaired) electrons. The van der Waals surface area contributed by atoms with Crippen LogP contribution in [0.4, 0.5) is 0 Å². The van der Waals surface area contributed by atoms with Crippen LogP contribution >= 0.6 is 12.2 Å². The molecule has 0 unspecified atom stereocenters. The third kappa shape index (κ3) is 3.48. The van der Waals surface area contributed by atoms with Crippen molar-refractivity contribution >= 4 is 17.2 Å². The number of rotatable bonds is 5. The Morgan fingerprint density at radius 3 is 2.63 bits per heavy atom. The molecule has 19 heavy (non-hydrogen) atoms. The molecule has 1 aromatic heterocycles. The minimum Gasteiger partial charge on any atom is -0.437 e. The van der Waals surface area contributed by atoms with Crippen LogP contribution < -0.4 is 10.5 Å². The molecule has 0 amide bonds. The number of aryl methyl sites for hydroxylation is 1. The molecule has 0 spiro atoms. The van der Waals surface area contributed by atoms with Crippen LogP contribution in [0.5, 0.6) is 11.6 Å². The fraction of sp³-hybridized carbons (Fsp3) is 0.214. The monoisotopic (exact) mass is 273 g/mol. The van der Waals surface area contributed by atoms with E-state index in [0.29, 0.717) is 17.2 Å². The Bertz CT molecular complexity index is 569. The smallest absolute Gasteiger partial charge is 0.249 e. The summed E-state index contributed by atoms with van der Waals surface area (Å²) >= 11 is 4.95. The van der Waals surface area contributed by atoms with Crippen molar-refractivity contribution in [3.05, 3.63) is 47.7 Å². The van der Waals surface area contributed by atoms with Gasteiger partial charge in [-0.15, -0.1) is 5.10 Å². The number of benzene rings is 1. The molecule has 0 atom stereocenters. The number of thiocarbonyl (C=S) groups is 1. The van der Waals surface area contributed by atoms with E-state index in [1.165, 1.54) is 11.8 Å². The van der Waals surface area contributed by atoms with Crippen LogP contribution in [0.1, 0.15) is 24.5 Å². The number of nitrogens with zero attached hydrogens (tertiary/aromatic N) is 2. The lowest BCUT2D eigenvalue weighted by atomic mass is 10.1. The van der Waals surface area contributed by atoms with E-state index in [1.807, 2.05) is 24.3 Å². The van der Waals surface area contributed by atoms with Gasteiger partial charge < -0.3 is 10.5 Å². The predicted molar refractivity (Wildman–Crippen MR) is 78.4 cm³/mol.